The molecule has 1 aliphatic heterocycles. The summed E-state index contributed by atoms with van der Waals surface area (Å²) >= 11 is 1.91. The van der Waals surface area contributed by atoms with E-state index in [4.69, 9.17) is 0 Å². The molecule has 0 spiro atoms. The van der Waals surface area contributed by atoms with E-state index in [0.29, 0.717) is 18.1 Å². The summed E-state index contributed by atoms with van der Waals surface area (Å²) in [5, 5.41) is 7.49. The molecule has 0 aliphatic carbocycles. The van der Waals surface area contributed by atoms with E-state index in [1.165, 1.54) is 54.0 Å². The van der Waals surface area contributed by atoms with Crippen LogP contribution in [0.3, 0.4) is 0 Å². The Labute approximate surface area is 128 Å². The quantitative estimate of drug-likeness (QED) is 0.845. The highest BCUT2D eigenvalue weighted by molar-refractivity contribution is 7.12. The zero-order chi connectivity index (χ0) is 14.5. The van der Waals surface area contributed by atoms with Gasteiger partial charge < -0.3 is 10.6 Å². The molecule has 0 aromatic carbocycles. The van der Waals surface area contributed by atoms with E-state index in [1.807, 2.05) is 11.3 Å². The summed E-state index contributed by atoms with van der Waals surface area (Å²) in [6.07, 6.45) is 6.73. The molecule has 0 bridgehead atoms. The lowest BCUT2D eigenvalue weighted by Crippen LogP contribution is -2.37. The van der Waals surface area contributed by atoms with Crippen molar-refractivity contribution in [1.82, 2.24) is 10.6 Å². The van der Waals surface area contributed by atoms with Crippen molar-refractivity contribution in [2.24, 2.45) is 0 Å². The van der Waals surface area contributed by atoms with Crippen LogP contribution in [0.15, 0.2) is 6.07 Å². The van der Waals surface area contributed by atoms with Gasteiger partial charge in [-0.05, 0) is 65.1 Å². The Kier molecular flexibility index (Phi) is 6.06. The fourth-order valence-electron chi connectivity index (χ4n) is 3.39. The van der Waals surface area contributed by atoms with Crippen molar-refractivity contribution in [1.29, 1.82) is 0 Å². The smallest absolute Gasteiger partial charge is 0.0305 e. The Bertz CT molecular complexity index is 405. The van der Waals surface area contributed by atoms with Gasteiger partial charge in [-0.1, -0.05) is 12.8 Å². The topological polar surface area (TPSA) is 24.1 Å². The minimum Gasteiger partial charge on any atom is -0.314 e. The summed E-state index contributed by atoms with van der Waals surface area (Å²) in [4.78, 5) is 2.88. The fraction of sp³-hybridized carbons (Fsp3) is 0.765. The molecule has 114 valence electrons. The highest BCUT2D eigenvalue weighted by Crippen LogP contribution is 2.26. The molecule has 1 saturated heterocycles. The third-order valence-corrected chi connectivity index (χ3v) is 5.36. The molecular weight excluding hydrogens is 264 g/mol. The highest BCUT2D eigenvalue weighted by Gasteiger charge is 2.18. The van der Waals surface area contributed by atoms with E-state index in [-0.39, 0.29) is 0 Å². The molecule has 3 atom stereocenters. The molecule has 0 amide bonds. The van der Waals surface area contributed by atoms with Crippen molar-refractivity contribution in [3.63, 3.8) is 0 Å². The third kappa shape index (κ3) is 4.57. The van der Waals surface area contributed by atoms with Crippen molar-refractivity contribution in [2.45, 2.75) is 77.9 Å². The zero-order valence-corrected chi connectivity index (χ0v) is 14.3. The van der Waals surface area contributed by atoms with E-state index in [0.717, 1.165) is 0 Å². The van der Waals surface area contributed by atoms with E-state index >= 15 is 0 Å². The first kappa shape index (κ1) is 16.0. The van der Waals surface area contributed by atoms with Gasteiger partial charge in [0.25, 0.3) is 0 Å². The van der Waals surface area contributed by atoms with Gasteiger partial charge in [0.2, 0.25) is 0 Å². The van der Waals surface area contributed by atoms with Gasteiger partial charge in [-0.25, -0.2) is 0 Å². The molecular formula is C17H30N2S. The Morgan fingerprint density at radius 3 is 2.80 bits per heavy atom. The van der Waals surface area contributed by atoms with Gasteiger partial charge in [0.1, 0.15) is 0 Å². The maximum atomic E-state index is 3.78. The summed E-state index contributed by atoms with van der Waals surface area (Å²) < 4.78 is 0. The van der Waals surface area contributed by atoms with Crippen LogP contribution < -0.4 is 10.6 Å². The number of rotatable bonds is 5. The van der Waals surface area contributed by atoms with E-state index in [1.54, 1.807) is 0 Å². The second kappa shape index (κ2) is 7.58. The molecule has 3 heteroatoms. The predicted octanol–water partition coefficient (Wildman–Crippen LogP) is 4.33. The van der Waals surface area contributed by atoms with Crippen LogP contribution in [0.1, 0.15) is 67.3 Å². The molecule has 3 unspecified atom stereocenters. The molecule has 1 aromatic rings. The minimum absolute atomic E-state index is 0.459. The van der Waals surface area contributed by atoms with Gasteiger partial charge in [0.15, 0.2) is 0 Å². The molecule has 2 rings (SSSR count). The van der Waals surface area contributed by atoms with Gasteiger partial charge >= 0.3 is 0 Å². The monoisotopic (exact) mass is 294 g/mol. The van der Waals surface area contributed by atoms with Crippen LogP contribution in [0.5, 0.6) is 0 Å². The standard InChI is InChI=1S/C17H30N2S/c1-12(10-16-8-6-5-7-9-18-16)19-14(3)17-11-13(2)20-15(17)4/h11-12,14,16,18-19H,5-10H2,1-4H3. The van der Waals surface area contributed by atoms with Crippen LogP contribution in [0, 0.1) is 13.8 Å². The third-order valence-electron chi connectivity index (χ3n) is 4.38. The molecule has 2 heterocycles. The Morgan fingerprint density at radius 1 is 1.30 bits per heavy atom. The van der Waals surface area contributed by atoms with Gasteiger partial charge in [-0.3, -0.25) is 0 Å². The number of nitrogens with one attached hydrogen (secondary N) is 2. The van der Waals surface area contributed by atoms with Crippen molar-refractivity contribution < 1.29 is 0 Å². The molecule has 1 aliphatic rings. The molecule has 1 fully saturated rings. The van der Waals surface area contributed by atoms with Crippen LogP contribution in [-0.2, 0) is 0 Å². The molecule has 2 N–H and O–H groups in total. The molecule has 0 saturated carbocycles. The van der Waals surface area contributed by atoms with E-state index < -0.39 is 0 Å². The van der Waals surface area contributed by atoms with E-state index in [2.05, 4.69) is 44.4 Å². The SMILES string of the molecule is Cc1cc(C(C)NC(C)CC2CCCCCN2)c(C)s1. The van der Waals surface area contributed by atoms with Crippen molar-refractivity contribution in [2.75, 3.05) is 6.54 Å². The first-order chi connectivity index (χ1) is 9.56. The average molecular weight is 295 g/mol. The van der Waals surface area contributed by atoms with Crippen LogP contribution in [-0.4, -0.2) is 18.6 Å². The summed E-state index contributed by atoms with van der Waals surface area (Å²) in [7, 11) is 0. The summed E-state index contributed by atoms with van der Waals surface area (Å²) in [6.45, 7) is 10.3. The second-order valence-electron chi connectivity index (χ2n) is 6.39. The zero-order valence-electron chi connectivity index (χ0n) is 13.5. The Morgan fingerprint density at radius 2 is 2.10 bits per heavy atom. The van der Waals surface area contributed by atoms with Gasteiger partial charge in [0.05, 0.1) is 0 Å². The summed E-state index contributed by atoms with van der Waals surface area (Å²) in [5.41, 5.74) is 1.48. The predicted molar refractivity (Wildman–Crippen MR) is 89.7 cm³/mol. The molecule has 2 nitrogen and oxygen atoms in total. The van der Waals surface area contributed by atoms with Crippen molar-refractivity contribution in [3.05, 3.63) is 21.4 Å². The summed E-state index contributed by atoms with van der Waals surface area (Å²) in [5.74, 6) is 0. The number of aryl methyl sites for hydroxylation is 2. The van der Waals surface area contributed by atoms with Gasteiger partial charge in [0, 0.05) is 27.9 Å². The van der Waals surface area contributed by atoms with Crippen LogP contribution in [0.2, 0.25) is 0 Å². The van der Waals surface area contributed by atoms with Crippen LogP contribution in [0.25, 0.3) is 0 Å². The van der Waals surface area contributed by atoms with Crippen LogP contribution >= 0.6 is 11.3 Å². The highest BCUT2D eigenvalue weighted by atomic mass is 32.1. The second-order valence-corrected chi connectivity index (χ2v) is 7.85. The largest absolute Gasteiger partial charge is 0.314 e. The first-order valence-corrected chi connectivity index (χ1v) is 8.94. The molecule has 20 heavy (non-hydrogen) atoms. The number of thiophene rings is 1. The van der Waals surface area contributed by atoms with Crippen molar-refractivity contribution >= 4 is 11.3 Å². The van der Waals surface area contributed by atoms with Crippen LogP contribution in [0.4, 0.5) is 0 Å². The first-order valence-electron chi connectivity index (χ1n) is 8.12. The fourth-order valence-corrected chi connectivity index (χ4v) is 4.42. The Hall–Kier alpha value is -0.380. The molecule has 1 aromatic heterocycles. The average Bonchev–Trinajstić information content (AvgIpc) is 2.59. The van der Waals surface area contributed by atoms with Gasteiger partial charge in [-0.15, -0.1) is 11.3 Å². The lowest BCUT2D eigenvalue weighted by atomic mass is 10.0. The van der Waals surface area contributed by atoms with E-state index in [9.17, 15) is 0 Å². The lowest BCUT2D eigenvalue weighted by molar-refractivity contribution is 0.380. The Balaban J connectivity index is 1.84. The maximum absolute atomic E-state index is 3.78. The summed E-state index contributed by atoms with van der Waals surface area (Å²) in [6, 6.07) is 4.08. The number of hydrogen-bond acceptors (Lipinski definition) is 3. The lowest BCUT2D eigenvalue weighted by Gasteiger charge is -2.24. The normalized spacial score (nSPS) is 23.3. The van der Waals surface area contributed by atoms with Gasteiger partial charge in [-0.2, -0.15) is 0 Å². The molecule has 0 radical (unpaired) electrons. The minimum atomic E-state index is 0.459. The maximum Gasteiger partial charge on any atom is 0.0305 e. The number of hydrogen-bond donors (Lipinski definition) is 2. The van der Waals surface area contributed by atoms with Crippen molar-refractivity contribution in [3.8, 4) is 0 Å².